The van der Waals surface area contributed by atoms with Gasteiger partial charge in [-0.05, 0) is 6.07 Å². The molecule has 2 aromatic heterocycles. The number of nitrogen functional groups attached to an aromatic ring is 1. The first kappa shape index (κ1) is 10.7. The van der Waals surface area contributed by atoms with E-state index in [0.29, 0.717) is 5.88 Å². The van der Waals surface area contributed by atoms with Crippen LogP contribution in [0.4, 0.5) is 5.88 Å². The Morgan fingerprint density at radius 3 is 2.89 bits per heavy atom. The molecule has 0 saturated heterocycles. The third kappa shape index (κ3) is 1.44. The fraction of sp³-hybridized carbons (Fsp3) is 0.154. The minimum atomic E-state index is 0.310. The molecule has 2 heterocycles. The molecule has 0 aliphatic rings. The number of anilines is 1. The molecule has 0 saturated carbocycles. The van der Waals surface area contributed by atoms with E-state index in [2.05, 4.69) is 5.16 Å². The van der Waals surface area contributed by atoms with Gasteiger partial charge in [0.05, 0.1) is 12.6 Å². The topological polar surface area (TPSA) is 66.2 Å². The number of aromatic nitrogens is 2. The largest absolute Gasteiger partial charge is 0.495 e. The summed E-state index contributed by atoms with van der Waals surface area (Å²) in [5, 5.41) is 5.01. The second-order valence-corrected chi connectivity index (χ2v) is 4.12. The van der Waals surface area contributed by atoms with E-state index >= 15 is 0 Å². The highest BCUT2D eigenvalue weighted by atomic mass is 16.5. The van der Waals surface area contributed by atoms with Crippen molar-refractivity contribution in [1.29, 1.82) is 0 Å². The van der Waals surface area contributed by atoms with Crippen molar-refractivity contribution in [3.63, 3.8) is 0 Å². The summed E-state index contributed by atoms with van der Waals surface area (Å²) in [6, 6.07) is 7.63. The molecular weight excluding hydrogens is 230 g/mol. The lowest BCUT2D eigenvalue weighted by Gasteiger charge is -2.03. The Balaban J connectivity index is 2.32. The number of nitrogens with two attached hydrogens (primary N) is 1. The molecule has 5 heteroatoms. The Kier molecular flexibility index (Phi) is 2.26. The number of ether oxygens (including phenoxy) is 1. The summed E-state index contributed by atoms with van der Waals surface area (Å²) in [5.74, 6) is 1.14. The molecule has 0 aliphatic heterocycles. The summed E-state index contributed by atoms with van der Waals surface area (Å²) in [6.07, 6.45) is 1.99. The van der Waals surface area contributed by atoms with E-state index < -0.39 is 0 Å². The van der Waals surface area contributed by atoms with Crippen LogP contribution in [-0.2, 0) is 7.05 Å². The number of benzene rings is 1. The SMILES string of the molecule is COc1cccc2c(-c3cc(N)on3)cn(C)c12. The highest BCUT2D eigenvalue weighted by molar-refractivity contribution is 5.98. The molecule has 0 radical (unpaired) electrons. The van der Waals surface area contributed by atoms with E-state index in [0.717, 1.165) is 27.9 Å². The van der Waals surface area contributed by atoms with Crippen molar-refractivity contribution < 1.29 is 9.26 Å². The number of hydrogen-bond donors (Lipinski definition) is 1. The first-order valence-electron chi connectivity index (χ1n) is 5.55. The van der Waals surface area contributed by atoms with E-state index in [-0.39, 0.29) is 0 Å². The van der Waals surface area contributed by atoms with Crippen molar-refractivity contribution in [1.82, 2.24) is 9.72 Å². The minimum Gasteiger partial charge on any atom is -0.495 e. The van der Waals surface area contributed by atoms with Crippen LogP contribution in [-0.4, -0.2) is 16.8 Å². The summed E-state index contributed by atoms with van der Waals surface area (Å²) in [6.45, 7) is 0. The number of hydrogen-bond acceptors (Lipinski definition) is 4. The Morgan fingerprint density at radius 1 is 1.39 bits per heavy atom. The van der Waals surface area contributed by atoms with Crippen molar-refractivity contribution >= 4 is 16.8 Å². The van der Waals surface area contributed by atoms with Crippen LogP contribution in [0.25, 0.3) is 22.2 Å². The lowest BCUT2D eigenvalue weighted by Crippen LogP contribution is -1.89. The van der Waals surface area contributed by atoms with Crippen LogP contribution in [0.1, 0.15) is 0 Å². The van der Waals surface area contributed by atoms with Crippen molar-refractivity contribution in [3.05, 3.63) is 30.5 Å². The minimum absolute atomic E-state index is 0.310. The Bertz CT molecular complexity index is 712. The molecule has 0 spiro atoms. The lowest BCUT2D eigenvalue weighted by molar-refractivity contribution is 0.418. The molecule has 0 bridgehead atoms. The lowest BCUT2D eigenvalue weighted by atomic mass is 10.1. The maximum Gasteiger partial charge on any atom is 0.222 e. The molecule has 5 nitrogen and oxygen atoms in total. The molecule has 0 fully saturated rings. The zero-order valence-electron chi connectivity index (χ0n) is 10.2. The average molecular weight is 243 g/mol. The maximum absolute atomic E-state index is 5.56. The average Bonchev–Trinajstić information content (AvgIpc) is 2.94. The standard InChI is InChI=1S/C13H13N3O2/c1-16-7-9(10-6-12(14)18-15-10)8-4-3-5-11(17-2)13(8)16/h3-7H,14H2,1-2H3. The van der Waals surface area contributed by atoms with Gasteiger partial charge >= 0.3 is 0 Å². The van der Waals surface area contributed by atoms with Gasteiger partial charge in [0.2, 0.25) is 5.88 Å². The molecule has 0 atom stereocenters. The van der Waals surface area contributed by atoms with Crippen LogP contribution in [0.2, 0.25) is 0 Å². The fourth-order valence-corrected chi connectivity index (χ4v) is 2.22. The molecule has 2 N–H and O–H groups in total. The molecule has 0 amide bonds. The summed E-state index contributed by atoms with van der Waals surface area (Å²) in [7, 11) is 3.63. The number of rotatable bonds is 2. The van der Waals surface area contributed by atoms with Gasteiger partial charge in [0, 0.05) is 30.3 Å². The third-order valence-corrected chi connectivity index (χ3v) is 2.99. The van der Waals surface area contributed by atoms with Gasteiger partial charge in [0.25, 0.3) is 0 Å². The molecule has 92 valence electrons. The van der Waals surface area contributed by atoms with Gasteiger partial charge in [-0.25, -0.2) is 0 Å². The van der Waals surface area contributed by atoms with Crippen molar-refractivity contribution in [2.45, 2.75) is 0 Å². The van der Waals surface area contributed by atoms with E-state index in [1.807, 2.05) is 36.0 Å². The predicted octanol–water partition coefficient (Wildman–Crippen LogP) is 2.42. The van der Waals surface area contributed by atoms with Gasteiger partial charge < -0.3 is 19.6 Å². The van der Waals surface area contributed by atoms with Crippen LogP contribution in [0, 0.1) is 0 Å². The summed E-state index contributed by atoms with van der Waals surface area (Å²) >= 11 is 0. The quantitative estimate of drug-likeness (QED) is 0.750. The van der Waals surface area contributed by atoms with Crippen molar-refractivity contribution in [2.75, 3.05) is 12.8 Å². The Morgan fingerprint density at radius 2 is 2.22 bits per heavy atom. The zero-order chi connectivity index (χ0) is 12.7. The van der Waals surface area contributed by atoms with E-state index in [1.54, 1.807) is 13.2 Å². The number of fused-ring (bicyclic) bond motifs is 1. The monoisotopic (exact) mass is 243 g/mol. The van der Waals surface area contributed by atoms with Crippen LogP contribution in [0.3, 0.4) is 0 Å². The van der Waals surface area contributed by atoms with E-state index in [4.69, 9.17) is 15.0 Å². The third-order valence-electron chi connectivity index (χ3n) is 2.99. The number of aryl methyl sites for hydroxylation is 1. The van der Waals surface area contributed by atoms with Crippen molar-refractivity contribution in [2.24, 2.45) is 7.05 Å². The smallest absolute Gasteiger partial charge is 0.222 e. The Labute approximate surface area is 104 Å². The van der Waals surface area contributed by atoms with Gasteiger partial charge in [-0.3, -0.25) is 0 Å². The van der Waals surface area contributed by atoms with Gasteiger partial charge in [-0.2, -0.15) is 0 Å². The van der Waals surface area contributed by atoms with Crippen LogP contribution in [0.15, 0.2) is 35.0 Å². The maximum atomic E-state index is 5.56. The van der Waals surface area contributed by atoms with Gasteiger partial charge in [0.15, 0.2) is 0 Å². The molecule has 0 unspecified atom stereocenters. The van der Waals surface area contributed by atoms with Crippen molar-refractivity contribution in [3.8, 4) is 17.0 Å². The van der Waals surface area contributed by atoms with E-state index in [1.165, 1.54) is 0 Å². The second kappa shape index (κ2) is 3.80. The van der Waals surface area contributed by atoms with Crippen LogP contribution < -0.4 is 10.5 Å². The molecular formula is C13H13N3O2. The zero-order valence-corrected chi connectivity index (χ0v) is 10.2. The van der Waals surface area contributed by atoms with E-state index in [9.17, 15) is 0 Å². The predicted molar refractivity (Wildman–Crippen MR) is 69.4 cm³/mol. The Hall–Kier alpha value is -2.43. The van der Waals surface area contributed by atoms with Gasteiger partial charge in [-0.1, -0.05) is 17.3 Å². The van der Waals surface area contributed by atoms with Gasteiger partial charge in [0.1, 0.15) is 11.4 Å². The number of para-hydroxylation sites is 1. The first-order chi connectivity index (χ1) is 8.70. The number of methoxy groups -OCH3 is 1. The molecule has 1 aromatic carbocycles. The summed E-state index contributed by atoms with van der Waals surface area (Å²) < 4.78 is 12.3. The summed E-state index contributed by atoms with van der Waals surface area (Å²) in [4.78, 5) is 0. The first-order valence-corrected chi connectivity index (χ1v) is 5.55. The van der Waals surface area contributed by atoms with Crippen LogP contribution in [0.5, 0.6) is 5.75 Å². The normalized spacial score (nSPS) is 11.0. The number of nitrogens with zero attached hydrogens (tertiary/aromatic N) is 2. The highest BCUT2D eigenvalue weighted by Crippen LogP contribution is 2.34. The summed E-state index contributed by atoms with van der Waals surface area (Å²) in [5.41, 5.74) is 8.29. The van der Waals surface area contributed by atoms with Crippen LogP contribution >= 0.6 is 0 Å². The molecule has 3 aromatic rings. The molecule has 0 aliphatic carbocycles. The molecule has 3 rings (SSSR count). The fourth-order valence-electron chi connectivity index (χ4n) is 2.22. The second-order valence-electron chi connectivity index (χ2n) is 4.12. The molecule has 18 heavy (non-hydrogen) atoms. The highest BCUT2D eigenvalue weighted by Gasteiger charge is 2.14. The van der Waals surface area contributed by atoms with Gasteiger partial charge in [-0.15, -0.1) is 0 Å².